The van der Waals surface area contributed by atoms with Crippen molar-refractivity contribution in [1.82, 2.24) is 14.5 Å². The van der Waals surface area contributed by atoms with Crippen molar-refractivity contribution < 1.29 is 14.3 Å². The van der Waals surface area contributed by atoms with E-state index in [1.165, 1.54) is 0 Å². The third-order valence-electron chi connectivity index (χ3n) is 7.66. The highest BCUT2D eigenvalue weighted by atomic mass is 16.5. The van der Waals surface area contributed by atoms with Crippen molar-refractivity contribution in [2.45, 2.75) is 33.9 Å². The molecule has 0 aliphatic carbocycles. The van der Waals surface area contributed by atoms with Crippen LogP contribution < -0.4 is 10.1 Å². The molecule has 1 N–H and O–H groups in total. The van der Waals surface area contributed by atoms with Crippen LogP contribution in [0.3, 0.4) is 0 Å². The van der Waals surface area contributed by atoms with Crippen LogP contribution in [0, 0.1) is 20.8 Å². The zero-order valence-corrected chi connectivity index (χ0v) is 23.6. The molecule has 7 heteroatoms. The second-order valence-corrected chi connectivity index (χ2v) is 10.3. The van der Waals surface area contributed by atoms with Crippen molar-refractivity contribution in [2.75, 3.05) is 26.0 Å². The number of ether oxygens (including phenoxy) is 1. The van der Waals surface area contributed by atoms with Crippen LogP contribution >= 0.6 is 0 Å². The normalized spacial score (nSPS) is 13.3. The first-order valence-electron chi connectivity index (χ1n) is 13.4. The van der Waals surface area contributed by atoms with E-state index in [1.54, 1.807) is 7.11 Å². The van der Waals surface area contributed by atoms with Gasteiger partial charge in [0.25, 0.3) is 5.91 Å². The second kappa shape index (κ2) is 11.3. The Hall–Kier alpha value is -4.49. The van der Waals surface area contributed by atoms with Crippen molar-refractivity contribution in [3.8, 4) is 16.9 Å². The number of aldehydes is 1. The number of fused-ring (bicyclic) bond motifs is 1. The lowest BCUT2D eigenvalue weighted by molar-refractivity contribution is 0.102. The highest BCUT2D eigenvalue weighted by molar-refractivity contribution is 6.03. The minimum atomic E-state index is -0.204. The van der Waals surface area contributed by atoms with Gasteiger partial charge in [0.15, 0.2) is 6.29 Å². The molecule has 1 amide bonds. The standard InChI is InChI=1S/C33H34N4O3/c1-21-16-26(20-38)31(40-5)17-25(21)13-12-24-8-6-9-27(22(24)2)28-10-7-11-29(23(28)3)35-33(39)30-18-37-15-14-36(4)19-32(37)34-30/h6-13,16-18,20H,14-15,19H2,1-5H3,(H,35,39)/b13-12+. The van der Waals surface area contributed by atoms with E-state index in [1.807, 2.05) is 56.5 Å². The summed E-state index contributed by atoms with van der Waals surface area (Å²) in [5.74, 6) is 1.27. The van der Waals surface area contributed by atoms with Gasteiger partial charge in [-0.3, -0.25) is 14.5 Å². The Morgan fingerprint density at radius 3 is 2.42 bits per heavy atom. The lowest BCUT2D eigenvalue weighted by Gasteiger charge is -2.22. The number of nitrogens with one attached hydrogen (secondary N) is 1. The Kier molecular flexibility index (Phi) is 7.67. The Balaban J connectivity index is 1.41. The highest BCUT2D eigenvalue weighted by Crippen LogP contribution is 2.33. The van der Waals surface area contributed by atoms with Gasteiger partial charge in [0.1, 0.15) is 17.3 Å². The summed E-state index contributed by atoms with van der Waals surface area (Å²) in [6.07, 6.45) is 6.79. The Bertz CT molecular complexity index is 1630. The maximum atomic E-state index is 13.1. The number of amides is 1. The molecular weight excluding hydrogens is 500 g/mol. The van der Waals surface area contributed by atoms with Crippen LogP contribution in [-0.2, 0) is 13.1 Å². The third-order valence-corrected chi connectivity index (χ3v) is 7.66. The summed E-state index contributed by atoms with van der Waals surface area (Å²) in [4.78, 5) is 31.3. The van der Waals surface area contributed by atoms with Crippen LogP contribution in [-0.4, -0.2) is 47.3 Å². The fourth-order valence-electron chi connectivity index (χ4n) is 5.21. The summed E-state index contributed by atoms with van der Waals surface area (Å²) in [6.45, 7) is 8.64. The molecule has 0 radical (unpaired) electrons. The number of methoxy groups -OCH3 is 1. The summed E-state index contributed by atoms with van der Waals surface area (Å²) >= 11 is 0. The molecule has 0 unspecified atom stereocenters. The maximum absolute atomic E-state index is 13.1. The van der Waals surface area contributed by atoms with Gasteiger partial charge in [0.2, 0.25) is 0 Å². The minimum Gasteiger partial charge on any atom is -0.496 e. The second-order valence-electron chi connectivity index (χ2n) is 10.3. The SMILES string of the molecule is COc1cc(/C=C/c2cccc(-c3cccc(NC(=O)c4cn5c(n4)CN(C)CC5)c3C)c2C)c(C)cc1C=O. The quantitative estimate of drug-likeness (QED) is 0.227. The van der Waals surface area contributed by atoms with Crippen molar-refractivity contribution in [3.05, 3.63) is 99.6 Å². The summed E-state index contributed by atoms with van der Waals surface area (Å²) in [7, 11) is 3.63. The van der Waals surface area contributed by atoms with Gasteiger partial charge in [0, 0.05) is 25.0 Å². The summed E-state index contributed by atoms with van der Waals surface area (Å²) in [5, 5.41) is 3.09. The number of aromatic nitrogens is 2. The molecule has 0 fully saturated rings. The Morgan fingerprint density at radius 2 is 1.68 bits per heavy atom. The van der Waals surface area contributed by atoms with Gasteiger partial charge in [-0.05, 0) is 85.0 Å². The molecule has 1 aliphatic rings. The number of hydrogen-bond acceptors (Lipinski definition) is 5. The number of rotatable bonds is 7. The molecule has 40 heavy (non-hydrogen) atoms. The highest BCUT2D eigenvalue weighted by Gasteiger charge is 2.20. The number of anilines is 1. The molecule has 0 saturated heterocycles. The summed E-state index contributed by atoms with van der Waals surface area (Å²) in [5.41, 5.74) is 9.09. The van der Waals surface area contributed by atoms with Gasteiger partial charge < -0.3 is 14.6 Å². The molecule has 5 rings (SSSR count). The number of likely N-dealkylation sites (N-methyl/N-ethyl adjacent to an activating group) is 1. The fourth-order valence-corrected chi connectivity index (χ4v) is 5.21. The zero-order valence-electron chi connectivity index (χ0n) is 23.6. The van der Waals surface area contributed by atoms with Crippen LogP contribution in [0.25, 0.3) is 23.3 Å². The van der Waals surface area contributed by atoms with Gasteiger partial charge in [0.05, 0.1) is 19.2 Å². The number of nitrogens with zero attached hydrogens (tertiary/aromatic N) is 3. The third kappa shape index (κ3) is 5.33. The predicted octanol–water partition coefficient (Wildman–Crippen LogP) is 6.16. The predicted molar refractivity (Wildman–Crippen MR) is 160 cm³/mol. The topological polar surface area (TPSA) is 76.5 Å². The van der Waals surface area contributed by atoms with Gasteiger partial charge in [-0.2, -0.15) is 0 Å². The molecule has 1 aliphatic heterocycles. The first-order chi connectivity index (χ1) is 19.3. The van der Waals surface area contributed by atoms with E-state index in [0.717, 1.165) is 76.4 Å². The van der Waals surface area contributed by atoms with Gasteiger partial charge in [-0.15, -0.1) is 0 Å². The van der Waals surface area contributed by atoms with E-state index in [-0.39, 0.29) is 5.91 Å². The molecule has 4 aromatic rings. The fraction of sp³-hybridized carbons (Fsp3) is 0.242. The molecular formula is C33H34N4O3. The van der Waals surface area contributed by atoms with Crippen molar-refractivity contribution in [2.24, 2.45) is 0 Å². The summed E-state index contributed by atoms with van der Waals surface area (Å²) in [6, 6.07) is 15.9. The van der Waals surface area contributed by atoms with Crippen LogP contribution in [0.5, 0.6) is 5.75 Å². The number of hydrogen-bond donors (Lipinski definition) is 1. The van der Waals surface area contributed by atoms with E-state index >= 15 is 0 Å². The van der Waals surface area contributed by atoms with Gasteiger partial charge in [-0.25, -0.2) is 4.98 Å². The first kappa shape index (κ1) is 27.1. The molecule has 204 valence electrons. The number of aryl methyl sites for hydroxylation is 1. The smallest absolute Gasteiger partial charge is 0.275 e. The Labute approximate surface area is 235 Å². The van der Waals surface area contributed by atoms with E-state index in [0.29, 0.717) is 17.0 Å². The lowest BCUT2D eigenvalue weighted by atomic mass is 9.92. The van der Waals surface area contributed by atoms with E-state index < -0.39 is 0 Å². The molecule has 3 aromatic carbocycles. The average molecular weight is 535 g/mol. The van der Waals surface area contributed by atoms with Crippen LogP contribution in [0.2, 0.25) is 0 Å². The first-order valence-corrected chi connectivity index (χ1v) is 13.4. The van der Waals surface area contributed by atoms with E-state index in [9.17, 15) is 9.59 Å². The average Bonchev–Trinajstić information content (AvgIpc) is 3.37. The largest absolute Gasteiger partial charge is 0.496 e. The maximum Gasteiger partial charge on any atom is 0.275 e. The van der Waals surface area contributed by atoms with Crippen LogP contribution in [0.15, 0.2) is 54.7 Å². The van der Waals surface area contributed by atoms with E-state index in [2.05, 4.69) is 58.0 Å². The number of benzene rings is 3. The number of carbonyl (C=O) groups is 2. The molecule has 2 heterocycles. The molecule has 0 atom stereocenters. The monoisotopic (exact) mass is 534 g/mol. The van der Waals surface area contributed by atoms with Crippen LogP contribution in [0.4, 0.5) is 5.69 Å². The van der Waals surface area contributed by atoms with Gasteiger partial charge >= 0.3 is 0 Å². The minimum absolute atomic E-state index is 0.204. The van der Waals surface area contributed by atoms with Crippen molar-refractivity contribution in [1.29, 1.82) is 0 Å². The van der Waals surface area contributed by atoms with Crippen molar-refractivity contribution >= 4 is 30.0 Å². The number of imidazole rings is 1. The van der Waals surface area contributed by atoms with Gasteiger partial charge in [-0.1, -0.05) is 42.5 Å². The van der Waals surface area contributed by atoms with Crippen molar-refractivity contribution in [3.63, 3.8) is 0 Å². The molecule has 0 saturated carbocycles. The molecule has 1 aromatic heterocycles. The lowest BCUT2D eigenvalue weighted by Crippen LogP contribution is -2.30. The zero-order chi connectivity index (χ0) is 28.4. The summed E-state index contributed by atoms with van der Waals surface area (Å²) < 4.78 is 7.45. The van der Waals surface area contributed by atoms with Crippen LogP contribution in [0.1, 0.15) is 54.5 Å². The Morgan fingerprint density at radius 1 is 0.950 bits per heavy atom. The molecule has 7 nitrogen and oxygen atoms in total. The molecule has 0 bridgehead atoms. The number of carbonyl (C=O) groups excluding carboxylic acids is 2. The van der Waals surface area contributed by atoms with E-state index in [4.69, 9.17) is 4.74 Å². The molecule has 0 spiro atoms.